The summed E-state index contributed by atoms with van der Waals surface area (Å²) in [6.07, 6.45) is 2.89. The highest BCUT2D eigenvalue weighted by Crippen LogP contribution is 2.22. The highest BCUT2D eigenvalue weighted by Gasteiger charge is 2.23. The summed E-state index contributed by atoms with van der Waals surface area (Å²) in [7, 11) is 1.51. The third kappa shape index (κ3) is 2.22. The minimum Gasteiger partial charge on any atom is -0.481 e. The van der Waals surface area contributed by atoms with E-state index in [1.165, 1.54) is 7.11 Å². The first-order chi connectivity index (χ1) is 5.74. The average molecular weight is 171 g/mol. The van der Waals surface area contributed by atoms with E-state index >= 15 is 0 Å². The molecule has 0 atom stereocenters. The van der Waals surface area contributed by atoms with Gasteiger partial charge in [-0.05, 0) is 25.7 Å². The molecule has 4 nitrogen and oxygen atoms in total. The van der Waals surface area contributed by atoms with E-state index < -0.39 is 5.97 Å². The van der Waals surface area contributed by atoms with Gasteiger partial charge in [0.15, 0.2) is 0 Å². The molecule has 4 heteroatoms. The molecule has 1 fully saturated rings. The van der Waals surface area contributed by atoms with Crippen LogP contribution in [0, 0.1) is 5.92 Å². The molecule has 0 aliphatic heterocycles. The summed E-state index contributed by atoms with van der Waals surface area (Å²) >= 11 is 0. The molecule has 0 heterocycles. The second-order valence-corrected chi connectivity index (χ2v) is 2.95. The number of carbonyl (C=O) groups is 1. The molecule has 0 aromatic heterocycles. The Morgan fingerprint density at radius 1 is 1.58 bits per heavy atom. The topological polar surface area (TPSA) is 58.9 Å². The van der Waals surface area contributed by atoms with Gasteiger partial charge in [0.25, 0.3) is 0 Å². The summed E-state index contributed by atoms with van der Waals surface area (Å²) in [5, 5.41) is 12.5. The van der Waals surface area contributed by atoms with Gasteiger partial charge in [0, 0.05) is 0 Å². The molecule has 0 radical (unpaired) electrons. The monoisotopic (exact) mass is 171 g/mol. The first-order valence-electron chi connectivity index (χ1n) is 4.05. The molecule has 0 aromatic rings. The predicted molar refractivity (Wildman–Crippen MR) is 44.0 cm³/mol. The van der Waals surface area contributed by atoms with Crippen LogP contribution in [0.4, 0.5) is 0 Å². The number of hydrogen-bond acceptors (Lipinski definition) is 3. The van der Waals surface area contributed by atoms with Crippen molar-refractivity contribution in [1.29, 1.82) is 0 Å². The Balaban J connectivity index is 2.39. The number of aliphatic carboxylic acids is 1. The third-order valence-electron chi connectivity index (χ3n) is 2.13. The molecule has 0 amide bonds. The summed E-state index contributed by atoms with van der Waals surface area (Å²) in [6.45, 7) is 0. The lowest BCUT2D eigenvalue weighted by Gasteiger charge is -2.18. The molecule has 1 aliphatic rings. The molecule has 0 aromatic carbocycles. The minimum atomic E-state index is -0.688. The van der Waals surface area contributed by atoms with Crippen LogP contribution in [0.15, 0.2) is 5.16 Å². The van der Waals surface area contributed by atoms with E-state index in [9.17, 15) is 4.79 Å². The molecule has 1 N–H and O–H groups in total. The summed E-state index contributed by atoms with van der Waals surface area (Å²) in [6, 6.07) is 0. The molecular weight excluding hydrogens is 158 g/mol. The molecule has 12 heavy (non-hydrogen) atoms. The standard InChI is InChI=1S/C8H13NO3/c1-12-9-7-4-2-6(3-5-7)8(10)11/h6H,2-5H2,1H3,(H,10,11). The van der Waals surface area contributed by atoms with Crippen LogP contribution in [0.25, 0.3) is 0 Å². The Bertz CT molecular complexity index is 190. The van der Waals surface area contributed by atoms with Crippen molar-refractivity contribution in [3.63, 3.8) is 0 Å². The van der Waals surface area contributed by atoms with Gasteiger partial charge in [-0.2, -0.15) is 0 Å². The van der Waals surface area contributed by atoms with E-state index in [-0.39, 0.29) is 5.92 Å². The van der Waals surface area contributed by atoms with Gasteiger partial charge in [-0.3, -0.25) is 4.79 Å². The highest BCUT2D eigenvalue weighted by atomic mass is 16.6. The zero-order valence-electron chi connectivity index (χ0n) is 7.12. The quantitative estimate of drug-likeness (QED) is 0.636. The minimum absolute atomic E-state index is 0.180. The molecule has 0 spiro atoms. The Morgan fingerprint density at radius 2 is 2.17 bits per heavy atom. The van der Waals surface area contributed by atoms with Crippen molar-refractivity contribution < 1.29 is 14.7 Å². The normalized spacial score (nSPS) is 23.4. The van der Waals surface area contributed by atoms with E-state index in [2.05, 4.69) is 9.99 Å². The summed E-state index contributed by atoms with van der Waals surface area (Å²) < 4.78 is 0. The summed E-state index contributed by atoms with van der Waals surface area (Å²) in [4.78, 5) is 15.2. The van der Waals surface area contributed by atoms with Gasteiger partial charge in [-0.1, -0.05) is 5.16 Å². The van der Waals surface area contributed by atoms with Crippen molar-refractivity contribution in [2.45, 2.75) is 25.7 Å². The second-order valence-electron chi connectivity index (χ2n) is 2.95. The Morgan fingerprint density at radius 3 is 2.58 bits per heavy atom. The molecule has 0 saturated heterocycles. The number of oxime groups is 1. The van der Waals surface area contributed by atoms with E-state index in [0.717, 1.165) is 18.6 Å². The molecule has 1 rings (SSSR count). The molecule has 0 unspecified atom stereocenters. The van der Waals surface area contributed by atoms with Gasteiger partial charge >= 0.3 is 5.97 Å². The fraction of sp³-hybridized carbons (Fsp3) is 0.750. The van der Waals surface area contributed by atoms with Crippen LogP contribution >= 0.6 is 0 Å². The SMILES string of the molecule is CON=C1CCC(C(=O)O)CC1. The fourth-order valence-corrected chi connectivity index (χ4v) is 1.42. The lowest BCUT2D eigenvalue weighted by Crippen LogP contribution is -2.21. The molecule has 0 bridgehead atoms. The van der Waals surface area contributed by atoms with Crippen LogP contribution in [0.1, 0.15) is 25.7 Å². The lowest BCUT2D eigenvalue weighted by molar-refractivity contribution is -0.142. The first-order valence-corrected chi connectivity index (χ1v) is 4.05. The van der Waals surface area contributed by atoms with Crippen LogP contribution in [0.2, 0.25) is 0 Å². The predicted octanol–water partition coefficient (Wildman–Crippen LogP) is 1.26. The highest BCUT2D eigenvalue weighted by molar-refractivity contribution is 5.86. The van der Waals surface area contributed by atoms with E-state index in [4.69, 9.17) is 5.11 Å². The van der Waals surface area contributed by atoms with Crippen LogP contribution < -0.4 is 0 Å². The maximum Gasteiger partial charge on any atom is 0.306 e. The van der Waals surface area contributed by atoms with E-state index in [0.29, 0.717) is 12.8 Å². The van der Waals surface area contributed by atoms with Crippen molar-refractivity contribution in [2.75, 3.05) is 7.11 Å². The number of carboxylic acid groups (broad SMARTS) is 1. The second kappa shape index (κ2) is 4.09. The molecule has 68 valence electrons. The molecular formula is C8H13NO3. The summed E-state index contributed by atoms with van der Waals surface area (Å²) in [5.74, 6) is -0.868. The lowest BCUT2D eigenvalue weighted by atomic mass is 9.88. The van der Waals surface area contributed by atoms with Crippen molar-refractivity contribution in [3.8, 4) is 0 Å². The fourth-order valence-electron chi connectivity index (χ4n) is 1.42. The van der Waals surface area contributed by atoms with Crippen molar-refractivity contribution in [3.05, 3.63) is 0 Å². The van der Waals surface area contributed by atoms with Crippen LogP contribution in [0.3, 0.4) is 0 Å². The van der Waals surface area contributed by atoms with Crippen LogP contribution in [0.5, 0.6) is 0 Å². The number of nitrogens with zero attached hydrogens (tertiary/aromatic N) is 1. The molecule has 1 saturated carbocycles. The van der Waals surface area contributed by atoms with Gasteiger partial charge in [-0.15, -0.1) is 0 Å². The summed E-state index contributed by atoms with van der Waals surface area (Å²) in [5.41, 5.74) is 0.981. The number of rotatable bonds is 2. The van der Waals surface area contributed by atoms with Gasteiger partial charge in [-0.25, -0.2) is 0 Å². The van der Waals surface area contributed by atoms with Crippen LogP contribution in [-0.4, -0.2) is 23.9 Å². The van der Waals surface area contributed by atoms with Gasteiger partial charge < -0.3 is 9.94 Å². The first kappa shape index (κ1) is 9.03. The van der Waals surface area contributed by atoms with Crippen molar-refractivity contribution >= 4 is 11.7 Å². The number of carboxylic acids is 1. The zero-order chi connectivity index (χ0) is 8.97. The largest absolute Gasteiger partial charge is 0.481 e. The van der Waals surface area contributed by atoms with Crippen molar-refractivity contribution in [1.82, 2.24) is 0 Å². The smallest absolute Gasteiger partial charge is 0.306 e. The Hall–Kier alpha value is -1.06. The van der Waals surface area contributed by atoms with Gasteiger partial charge in [0.05, 0.1) is 11.6 Å². The Kier molecular flexibility index (Phi) is 3.08. The maximum atomic E-state index is 10.5. The third-order valence-corrected chi connectivity index (χ3v) is 2.13. The van der Waals surface area contributed by atoms with Gasteiger partial charge in [0.2, 0.25) is 0 Å². The average Bonchev–Trinajstić information content (AvgIpc) is 2.06. The van der Waals surface area contributed by atoms with Crippen molar-refractivity contribution in [2.24, 2.45) is 11.1 Å². The van der Waals surface area contributed by atoms with E-state index in [1.54, 1.807) is 0 Å². The van der Waals surface area contributed by atoms with Gasteiger partial charge in [0.1, 0.15) is 7.11 Å². The zero-order valence-corrected chi connectivity index (χ0v) is 7.12. The maximum absolute atomic E-state index is 10.5. The Labute approximate surface area is 71.2 Å². The van der Waals surface area contributed by atoms with Crippen LogP contribution in [-0.2, 0) is 9.63 Å². The number of hydrogen-bond donors (Lipinski definition) is 1. The molecule has 1 aliphatic carbocycles. The van der Waals surface area contributed by atoms with E-state index in [1.807, 2.05) is 0 Å².